The van der Waals surface area contributed by atoms with Gasteiger partial charge < -0.3 is 19.5 Å². The zero-order chi connectivity index (χ0) is 23.2. The van der Waals surface area contributed by atoms with Crippen molar-refractivity contribution in [2.24, 2.45) is 5.10 Å². The standard InChI is InChI=1S/C27H26N4O2/c1-19-24(17-30-29-16-22-12-13-26(32-2)27(14-22)33-3)23-6-4-5-7-25(23)31(19)18-21-10-8-20(15-28)9-11-21/h4-14,17,29H,16,18H2,1-3H3/b30-17-. The van der Waals surface area contributed by atoms with E-state index in [1.54, 1.807) is 14.2 Å². The Kier molecular flexibility index (Phi) is 6.61. The maximum absolute atomic E-state index is 9.04. The highest BCUT2D eigenvalue weighted by Crippen LogP contribution is 2.28. The normalized spacial score (nSPS) is 11.0. The van der Waals surface area contributed by atoms with E-state index < -0.39 is 0 Å². The lowest BCUT2D eigenvalue weighted by atomic mass is 10.1. The van der Waals surface area contributed by atoms with Gasteiger partial charge in [0.15, 0.2) is 11.5 Å². The van der Waals surface area contributed by atoms with Crippen LogP contribution in [-0.2, 0) is 13.1 Å². The van der Waals surface area contributed by atoms with Crippen molar-refractivity contribution in [3.05, 3.63) is 94.7 Å². The maximum atomic E-state index is 9.04. The van der Waals surface area contributed by atoms with Crippen molar-refractivity contribution < 1.29 is 9.47 Å². The largest absolute Gasteiger partial charge is 0.493 e. The van der Waals surface area contributed by atoms with Gasteiger partial charge in [-0.3, -0.25) is 0 Å². The monoisotopic (exact) mass is 438 g/mol. The molecule has 166 valence electrons. The Morgan fingerprint density at radius 2 is 1.70 bits per heavy atom. The van der Waals surface area contributed by atoms with Gasteiger partial charge in [0.1, 0.15) is 0 Å². The summed E-state index contributed by atoms with van der Waals surface area (Å²) in [6.45, 7) is 3.41. The SMILES string of the molecule is COc1ccc(CN/N=C\c2c(C)n(Cc3ccc(C#N)cc3)c3ccccc23)cc1OC. The number of methoxy groups -OCH3 is 2. The van der Waals surface area contributed by atoms with Crippen LogP contribution in [0.3, 0.4) is 0 Å². The number of rotatable bonds is 8. The molecule has 4 aromatic rings. The smallest absolute Gasteiger partial charge is 0.161 e. The zero-order valence-electron chi connectivity index (χ0n) is 19.0. The van der Waals surface area contributed by atoms with E-state index in [2.05, 4.69) is 40.2 Å². The molecule has 0 aliphatic heterocycles. The number of hydrogen-bond donors (Lipinski definition) is 1. The molecule has 33 heavy (non-hydrogen) atoms. The summed E-state index contributed by atoms with van der Waals surface area (Å²) in [5, 5.41) is 14.7. The van der Waals surface area contributed by atoms with Crippen LogP contribution in [0.2, 0.25) is 0 Å². The Hall–Kier alpha value is -4.24. The van der Waals surface area contributed by atoms with E-state index in [-0.39, 0.29) is 0 Å². The lowest BCUT2D eigenvalue weighted by Gasteiger charge is -2.09. The van der Waals surface area contributed by atoms with E-state index in [0.29, 0.717) is 23.6 Å². The van der Waals surface area contributed by atoms with Crippen LogP contribution in [0.25, 0.3) is 10.9 Å². The zero-order valence-corrected chi connectivity index (χ0v) is 19.0. The van der Waals surface area contributed by atoms with Gasteiger partial charge in [-0.2, -0.15) is 10.4 Å². The summed E-state index contributed by atoms with van der Waals surface area (Å²) in [5.41, 5.74) is 9.37. The Bertz CT molecular complexity index is 1330. The molecule has 1 heterocycles. The van der Waals surface area contributed by atoms with E-state index in [4.69, 9.17) is 14.7 Å². The molecule has 4 rings (SSSR count). The highest BCUT2D eigenvalue weighted by atomic mass is 16.5. The minimum Gasteiger partial charge on any atom is -0.493 e. The Labute approximate surface area is 193 Å². The molecule has 0 spiro atoms. The van der Waals surface area contributed by atoms with E-state index >= 15 is 0 Å². The summed E-state index contributed by atoms with van der Waals surface area (Å²) in [7, 11) is 3.25. The van der Waals surface area contributed by atoms with E-state index in [1.807, 2.05) is 60.8 Å². The molecule has 0 radical (unpaired) electrons. The quantitative estimate of drug-likeness (QED) is 0.310. The molecule has 1 N–H and O–H groups in total. The van der Waals surface area contributed by atoms with Gasteiger partial charge in [0.2, 0.25) is 0 Å². The summed E-state index contributed by atoms with van der Waals surface area (Å²) in [6, 6.07) is 24.0. The lowest BCUT2D eigenvalue weighted by molar-refractivity contribution is 0.354. The van der Waals surface area contributed by atoms with Gasteiger partial charge in [0, 0.05) is 28.7 Å². The van der Waals surface area contributed by atoms with Crippen molar-refractivity contribution in [1.82, 2.24) is 9.99 Å². The van der Waals surface area contributed by atoms with Gasteiger partial charge in [0.25, 0.3) is 0 Å². The van der Waals surface area contributed by atoms with Crippen molar-refractivity contribution in [3.8, 4) is 17.6 Å². The van der Waals surface area contributed by atoms with E-state index in [9.17, 15) is 0 Å². The molecule has 0 unspecified atom stereocenters. The van der Waals surface area contributed by atoms with Crippen LogP contribution in [-0.4, -0.2) is 25.0 Å². The predicted octanol–water partition coefficient (Wildman–Crippen LogP) is 5.01. The third-order valence-electron chi connectivity index (χ3n) is 5.72. The van der Waals surface area contributed by atoms with Crippen molar-refractivity contribution >= 4 is 17.1 Å². The Balaban J connectivity index is 1.55. The first-order valence-electron chi connectivity index (χ1n) is 10.7. The average molecular weight is 439 g/mol. The fourth-order valence-corrected chi connectivity index (χ4v) is 3.93. The summed E-state index contributed by atoms with van der Waals surface area (Å²) in [5.74, 6) is 1.40. The molecule has 6 heteroatoms. The van der Waals surface area contributed by atoms with E-state index in [0.717, 1.165) is 39.8 Å². The van der Waals surface area contributed by atoms with Crippen LogP contribution in [0.1, 0.15) is 27.9 Å². The number of benzene rings is 3. The van der Waals surface area contributed by atoms with Gasteiger partial charge in [-0.25, -0.2) is 0 Å². The first-order valence-corrected chi connectivity index (χ1v) is 10.7. The van der Waals surface area contributed by atoms with Crippen LogP contribution in [0.15, 0.2) is 71.8 Å². The van der Waals surface area contributed by atoms with Gasteiger partial charge in [-0.15, -0.1) is 0 Å². The number of aromatic nitrogens is 1. The molecular formula is C27H26N4O2. The molecule has 0 saturated carbocycles. The summed E-state index contributed by atoms with van der Waals surface area (Å²) < 4.78 is 12.9. The number of hydrogen-bond acceptors (Lipinski definition) is 5. The molecule has 0 bridgehead atoms. The topological polar surface area (TPSA) is 71.6 Å². The predicted molar refractivity (Wildman–Crippen MR) is 131 cm³/mol. The van der Waals surface area contributed by atoms with Crippen molar-refractivity contribution in [2.75, 3.05) is 14.2 Å². The average Bonchev–Trinajstić information content (AvgIpc) is 3.12. The fourth-order valence-electron chi connectivity index (χ4n) is 3.93. The molecular weight excluding hydrogens is 412 g/mol. The maximum Gasteiger partial charge on any atom is 0.161 e. The number of nitriles is 1. The van der Waals surface area contributed by atoms with Crippen LogP contribution in [0, 0.1) is 18.3 Å². The van der Waals surface area contributed by atoms with Crippen LogP contribution < -0.4 is 14.9 Å². The minimum atomic E-state index is 0.569. The Morgan fingerprint density at radius 3 is 2.42 bits per heavy atom. The summed E-state index contributed by atoms with van der Waals surface area (Å²) >= 11 is 0. The molecule has 0 saturated heterocycles. The molecule has 0 atom stereocenters. The summed E-state index contributed by atoms with van der Waals surface area (Å²) in [6.07, 6.45) is 1.88. The van der Waals surface area contributed by atoms with Crippen molar-refractivity contribution in [2.45, 2.75) is 20.0 Å². The molecule has 6 nitrogen and oxygen atoms in total. The highest BCUT2D eigenvalue weighted by molar-refractivity contribution is 6.01. The van der Waals surface area contributed by atoms with Crippen LogP contribution in [0.4, 0.5) is 0 Å². The number of ether oxygens (including phenoxy) is 2. The molecule has 1 aromatic heterocycles. The number of hydrazone groups is 1. The summed E-state index contributed by atoms with van der Waals surface area (Å²) in [4.78, 5) is 0. The molecule has 0 amide bonds. The molecule has 0 aliphatic carbocycles. The van der Waals surface area contributed by atoms with Gasteiger partial charge in [0.05, 0.1) is 38.6 Å². The number of nitrogens with one attached hydrogen (secondary N) is 1. The van der Waals surface area contributed by atoms with Crippen LogP contribution in [0.5, 0.6) is 11.5 Å². The first-order chi connectivity index (χ1) is 16.1. The minimum absolute atomic E-state index is 0.569. The van der Waals surface area contributed by atoms with Gasteiger partial charge in [-0.05, 0) is 48.4 Å². The van der Waals surface area contributed by atoms with Gasteiger partial charge >= 0.3 is 0 Å². The molecule has 0 fully saturated rings. The highest BCUT2D eigenvalue weighted by Gasteiger charge is 2.13. The van der Waals surface area contributed by atoms with Crippen molar-refractivity contribution in [1.29, 1.82) is 5.26 Å². The first kappa shape index (κ1) is 22.0. The second kappa shape index (κ2) is 9.92. The van der Waals surface area contributed by atoms with Gasteiger partial charge in [-0.1, -0.05) is 36.4 Å². The second-order valence-corrected chi connectivity index (χ2v) is 7.69. The number of nitrogens with zero attached hydrogens (tertiary/aromatic N) is 3. The van der Waals surface area contributed by atoms with Crippen molar-refractivity contribution in [3.63, 3.8) is 0 Å². The molecule has 3 aromatic carbocycles. The number of fused-ring (bicyclic) bond motifs is 1. The lowest BCUT2D eigenvalue weighted by Crippen LogP contribution is -2.06. The number of para-hydroxylation sites is 1. The third-order valence-corrected chi connectivity index (χ3v) is 5.72. The van der Waals surface area contributed by atoms with Crippen LogP contribution >= 0.6 is 0 Å². The second-order valence-electron chi connectivity index (χ2n) is 7.69. The van der Waals surface area contributed by atoms with E-state index in [1.165, 1.54) is 0 Å². The molecule has 0 aliphatic rings. The Morgan fingerprint density at radius 1 is 0.970 bits per heavy atom. The third kappa shape index (κ3) is 4.68. The fraction of sp³-hybridized carbons (Fsp3) is 0.185.